The van der Waals surface area contributed by atoms with Crippen LogP contribution < -0.4 is 10.1 Å². The van der Waals surface area contributed by atoms with E-state index in [1.54, 1.807) is 19.1 Å². The Kier molecular flexibility index (Phi) is 5.25. The van der Waals surface area contributed by atoms with Crippen molar-refractivity contribution in [2.24, 2.45) is 0 Å². The number of amides is 1. The number of rotatable bonds is 5. The van der Waals surface area contributed by atoms with E-state index in [0.717, 1.165) is 5.56 Å². The molecule has 0 aromatic heterocycles. The monoisotopic (exact) mass is 341 g/mol. The van der Waals surface area contributed by atoms with Crippen molar-refractivity contribution in [3.63, 3.8) is 0 Å². The van der Waals surface area contributed by atoms with Crippen molar-refractivity contribution in [1.29, 1.82) is 0 Å². The van der Waals surface area contributed by atoms with Crippen LogP contribution >= 0.6 is 0 Å². The van der Waals surface area contributed by atoms with Gasteiger partial charge in [-0.05, 0) is 31.0 Å². The zero-order valence-corrected chi connectivity index (χ0v) is 13.8. The third-order valence-electron chi connectivity index (χ3n) is 3.57. The fraction of sp³-hybridized carbons (Fsp3) is 0.467. The standard InChI is InChI=1S/C15H19NO6S/c1-10-3-4-11(15(18)21-2)7-13(10)22-8-14(17)16-12-5-6-23(19,20)9-12/h3-4,7,12H,5-6,8-9H2,1-2H3,(H,16,17)/t12-/m1/s1. The molecule has 1 aromatic rings. The number of esters is 1. The van der Waals surface area contributed by atoms with Gasteiger partial charge in [0.05, 0.1) is 24.2 Å². The first-order valence-electron chi connectivity index (χ1n) is 7.12. The second-order valence-electron chi connectivity index (χ2n) is 5.43. The van der Waals surface area contributed by atoms with Gasteiger partial charge in [-0.3, -0.25) is 4.79 Å². The topological polar surface area (TPSA) is 98.8 Å². The predicted molar refractivity (Wildman–Crippen MR) is 83.2 cm³/mol. The lowest BCUT2D eigenvalue weighted by Crippen LogP contribution is -2.38. The van der Waals surface area contributed by atoms with Crippen molar-refractivity contribution in [2.75, 3.05) is 25.2 Å². The van der Waals surface area contributed by atoms with Crippen LogP contribution in [0, 0.1) is 6.92 Å². The summed E-state index contributed by atoms with van der Waals surface area (Å²) in [7, 11) is -1.76. The minimum absolute atomic E-state index is 0.0321. The number of methoxy groups -OCH3 is 1. The number of aryl methyl sites for hydroxylation is 1. The van der Waals surface area contributed by atoms with Gasteiger partial charge >= 0.3 is 5.97 Å². The Morgan fingerprint density at radius 2 is 2.09 bits per heavy atom. The molecule has 1 fully saturated rings. The van der Waals surface area contributed by atoms with E-state index < -0.39 is 21.7 Å². The Hall–Kier alpha value is -2.09. The number of carbonyl (C=O) groups is 2. The number of hydrogen-bond donors (Lipinski definition) is 1. The van der Waals surface area contributed by atoms with Gasteiger partial charge in [0.2, 0.25) is 0 Å². The zero-order chi connectivity index (χ0) is 17.0. The van der Waals surface area contributed by atoms with Gasteiger partial charge in [-0.1, -0.05) is 6.07 Å². The quantitative estimate of drug-likeness (QED) is 0.782. The maximum absolute atomic E-state index is 11.8. The summed E-state index contributed by atoms with van der Waals surface area (Å²) >= 11 is 0. The molecule has 8 heteroatoms. The highest BCUT2D eigenvalue weighted by atomic mass is 32.2. The van der Waals surface area contributed by atoms with Gasteiger partial charge in [0, 0.05) is 6.04 Å². The van der Waals surface area contributed by atoms with Gasteiger partial charge in [-0.25, -0.2) is 13.2 Å². The van der Waals surface area contributed by atoms with Crippen LogP contribution in [-0.2, 0) is 19.4 Å². The zero-order valence-electron chi connectivity index (χ0n) is 13.0. The van der Waals surface area contributed by atoms with Crippen molar-refractivity contribution in [3.8, 4) is 5.75 Å². The third kappa shape index (κ3) is 4.69. The SMILES string of the molecule is COC(=O)c1ccc(C)c(OCC(=O)N[C@@H]2CCS(=O)(=O)C2)c1. The lowest BCUT2D eigenvalue weighted by atomic mass is 10.1. The normalized spacial score (nSPS) is 19.1. The number of benzene rings is 1. The molecule has 2 rings (SSSR count). The smallest absolute Gasteiger partial charge is 0.337 e. The highest BCUT2D eigenvalue weighted by Crippen LogP contribution is 2.20. The Labute approximate surface area is 134 Å². The molecule has 23 heavy (non-hydrogen) atoms. The van der Waals surface area contributed by atoms with Gasteiger partial charge in [0.25, 0.3) is 5.91 Å². The largest absolute Gasteiger partial charge is 0.483 e. The average Bonchev–Trinajstić information content (AvgIpc) is 2.84. The van der Waals surface area contributed by atoms with E-state index >= 15 is 0 Å². The molecular weight excluding hydrogens is 322 g/mol. The second kappa shape index (κ2) is 6.99. The molecule has 0 spiro atoms. The lowest BCUT2D eigenvalue weighted by molar-refractivity contribution is -0.123. The van der Waals surface area contributed by atoms with Crippen LogP contribution in [0.25, 0.3) is 0 Å². The van der Waals surface area contributed by atoms with E-state index in [2.05, 4.69) is 10.1 Å². The number of hydrogen-bond acceptors (Lipinski definition) is 6. The fourth-order valence-corrected chi connectivity index (χ4v) is 4.00. The summed E-state index contributed by atoms with van der Waals surface area (Å²) in [6.45, 7) is 1.54. The van der Waals surface area contributed by atoms with Crippen LogP contribution in [0.15, 0.2) is 18.2 Å². The third-order valence-corrected chi connectivity index (χ3v) is 5.33. The molecule has 1 amide bonds. The first kappa shape index (κ1) is 17.3. The molecule has 1 N–H and O–H groups in total. The highest BCUT2D eigenvalue weighted by molar-refractivity contribution is 7.91. The van der Waals surface area contributed by atoms with Crippen LogP contribution in [0.4, 0.5) is 0 Å². The fourth-order valence-electron chi connectivity index (χ4n) is 2.32. The van der Waals surface area contributed by atoms with E-state index in [1.807, 2.05) is 0 Å². The molecule has 1 aliphatic heterocycles. The van der Waals surface area contributed by atoms with Gasteiger partial charge in [0.1, 0.15) is 5.75 Å². The lowest BCUT2D eigenvalue weighted by Gasteiger charge is -2.13. The van der Waals surface area contributed by atoms with Gasteiger partial charge in [0.15, 0.2) is 16.4 Å². The van der Waals surface area contributed by atoms with Gasteiger partial charge < -0.3 is 14.8 Å². The Morgan fingerprint density at radius 1 is 1.35 bits per heavy atom. The number of carbonyl (C=O) groups excluding carboxylic acids is 2. The number of sulfone groups is 1. The number of ether oxygens (including phenoxy) is 2. The molecule has 1 heterocycles. The maximum Gasteiger partial charge on any atom is 0.337 e. The van der Waals surface area contributed by atoms with E-state index in [4.69, 9.17) is 4.74 Å². The minimum Gasteiger partial charge on any atom is -0.483 e. The van der Waals surface area contributed by atoms with Crippen LogP contribution in [-0.4, -0.2) is 51.6 Å². The number of nitrogens with one attached hydrogen (secondary N) is 1. The van der Waals surface area contributed by atoms with Crippen molar-refractivity contribution in [3.05, 3.63) is 29.3 Å². The predicted octanol–water partition coefficient (Wildman–Crippen LogP) is 0.464. The Bertz CT molecular complexity index is 713. The van der Waals surface area contributed by atoms with Crippen LogP contribution in [0.5, 0.6) is 5.75 Å². The van der Waals surface area contributed by atoms with E-state index in [0.29, 0.717) is 17.7 Å². The van der Waals surface area contributed by atoms with E-state index in [1.165, 1.54) is 13.2 Å². The minimum atomic E-state index is -3.04. The molecular formula is C15H19NO6S. The molecule has 0 unspecified atom stereocenters. The van der Waals surface area contributed by atoms with Crippen molar-refractivity contribution in [1.82, 2.24) is 5.32 Å². The molecule has 0 radical (unpaired) electrons. The summed E-state index contributed by atoms with van der Waals surface area (Å²) in [6, 6.07) is 4.45. The average molecular weight is 341 g/mol. The summed E-state index contributed by atoms with van der Waals surface area (Å²) in [5.41, 5.74) is 1.10. The van der Waals surface area contributed by atoms with Crippen molar-refractivity contribution >= 4 is 21.7 Å². The van der Waals surface area contributed by atoms with Crippen LogP contribution in [0.3, 0.4) is 0 Å². The maximum atomic E-state index is 11.8. The summed E-state index contributed by atoms with van der Waals surface area (Å²) < 4.78 is 32.8. The van der Waals surface area contributed by atoms with Crippen LogP contribution in [0.2, 0.25) is 0 Å². The summed E-state index contributed by atoms with van der Waals surface area (Å²) in [6.07, 6.45) is 0.422. The molecule has 1 atom stereocenters. The molecule has 1 aromatic carbocycles. The summed E-state index contributed by atoms with van der Waals surface area (Å²) in [5, 5.41) is 2.64. The van der Waals surface area contributed by atoms with Crippen molar-refractivity contribution in [2.45, 2.75) is 19.4 Å². The molecule has 7 nitrogen and oxygen atoms in total. The molecule has 1 saturated heterocycles. The molecule has 1 aliphatic rings. The highest BCUT2D eigenvalue weighted by Gasteiger charge is 2.28. The van der Waals surface area contributed by atoms with E-state index in [9.17, 15) is 18.0 Å². The molecule has 0 saturated carbocycles. The van der Waals surface area contributed by atoms with Gasteiger partial charge in [-0.2, -0.15) is 0 Å². The molecule has 126 valence electrons. The summed E-state index contributed by atoms with van der Waals surface area (Å²) in [5.74, 6) is -0.415. The summed E-state index contributed by atoms with van der Waals surface area (Å²) in [4.78, 5) is 23.3. The van der Waals surface area contributed by atoms with Crippen LogP contribution in [0.1, 0.15) is 22.3 Å². The van der Waals surface area contributed by atoms with Crippen molar-refractivity contribution < 1.29 is 27.5 Å². The first-order valence-corrected chi connectivity index (χ1v) is 8.94. The first-order chi connectivity index (χ1) is 10.8. The second-order valence-corrected chi connectivity index (χ2v) is 7.66. The molecule has 0 aliphatic carbocycles. The van der Waals surface area contributed by atoms with E-state index in [-0.39, 0.29) is 24.2 Å². The van der Waals surface area contributed by atoms with Gasteiger partial charge in [-0.15, -0.1) is 0 Å². The Morgan fingerprint density at radius 3 is 2.70 bits per heavy atom. The molecule has 0 bridgehead atoms. The Balaban J connectivity index is 1.92.